The first-order valence-electron chi connectivity index (χ1n) is 5.99. The predicted octanol–water partition coefficient (Wildman–Crippen LogP) is 1.33. The largest absolute Gasteiger partial charge is 0.341 e. The summed E-state index contributed by atoms with van der Waals surface area (Å²) in [6, 6.07) is 3.49. The van der Waals surface area contributed by atoms with Gasteiger partial charge < -0.3 is 10.2 Å². The van der Waals surface area contributed by atoms with Crippen LogP contribution in [0.2, 0.25) is 0 Å². The number of likely N-dealkylation sites (N-methyl/N-ethyl adjacent to an activating group) is 1. The number of hydrogen-bond donors (Lipinski definition) is 1. The number of carbonyl (C=O) groups excluding carboxylic acids is 1. The summed E-state index contributed by atoms with van der Waals surface area (Å²) < 4.78 is 26.4. The summed E-state index contributed by atoms with van der Waals surface area (Å²) in [6.07, 6.45) is 0.813. The van der Waals surface area contributed by atoms with Gasteiger partial charge in [0.1, 0.15) is 11.6 Å². The third-order valence-electron chi connectivity index (χ3n) is 3.30. The highest BCUT2D eigenvalue weighted by Crippen LogP contribution is 2.14. The van der Waals surface area contributed by atoms with E-state index in [4.69, 9.17) is 0 Å². The van der Waals surface area contributed by atoms with Crippen LogP contribution in [0.15, 0.2) is 18.2 Å². The van der Waals surface area contributed by atoms with Gasteiger partial charge in [-0.1, -0.05) is 0 Å². The number of likely N-dealkylation sites (tertiary alicyclic amines) is 1. The third-order valence-corrected chi connectivity index (χ3v) is 3.30. The molecule has 1 aliphatic rings. The molecule has 18 heavy (non-hydrogen) atoms. The fraction of sp³-hybridized carbons (Fsp3) is 0.462. The lowest BCUT2D eigenvalue weighted by Gasteiger charge is -2.16. The van der Waals surface area contributed by atoms with Crippen molar-refractivity contribution in [2.75, 3.05) is 20.1 Å². The molecule has 1 amide bonds. The first kappa shape index (κ1) is 13.0. The van der Waals surface area contributed by atoms with Gasteiger partial charge in [0.2, 0.25) is 5.91 Å². The molecule has 1 N–H and O–H groups in total. The molecule has 0 radical (unpaired) electrons. The van der Waals surface area contributed by atoms with Crippen LogP contribution in [-0.4, -0.2) is 37.0 Å². The Morgan fingerprint density at radius 1 is 1.50 bits per heavy atom. The first-order valence-corrected chi connectivity index (χ1v) is 5.99. The van der Waals surface area contributed by atoms with Gasteiger partial charge in [-0.3, -0.25) is 4.79 Å². The average Bonchev–Trinajstić information content (AvgIpc) is 2.82. The van der Waals surface area contributed by atoms with Gasteiger partial charge in [0.05, 0.1) is 6.42 Å². The minimum atomic E-state index is -0.533. The second kappa shape index (κ2) is 5.44. The minimum Gasteiger partial charge on any atom is -0.341 e. The van der Waals surface area contributed by atoms with Crippen LogP contribution in [0.4, 0.5) is 8.78 Å². The maximum Gasteiger partial charge on any atom is 0.227 e. The molecule has 0 aliphatic carbocycles. The van der Waals surface area contributed by atoms with Crippen LogP contribution in [-0.2, 0) is 11.2 Å². The molecular weight excluding hydrogens is 238 g/mol. The molecule has 1 atom stereocenters. The smallest absolute Gasteiger partial charge is 0.227 e. The highest BCUT2D eigenvalue weighted by molar-refractivity contribution is 5.79. The van der Waals surface area contributed by atoms with Crippen molar-refractivity contribution in [2.24, 2.45) is 0 Å². The minimum absolute atomic E-state index is 0.0833. The standard InChI is InChI=1S/C13H16F2N2O/c1-16-11-4-5-17(8-11)13(18)7-9-6-10(14)2-3-12(9)15/h2-3,6,11,16H,4-5,7-8H2,1H3/t11-/m0/s1. The van der Waals surface area contributed by atoms with E-state index >= 15 is 0 Å². The Kier molecular flexibility index (Phi) is 3.91. The van der Waals surface area contributed by atoms with Crippen LogP contribution in [0.3, 0.4) is 0 Å². The third kappa shape index (κ3) is 2.85. The van der Waals surface area contributed by atoms with Gasteiger partial charge >= 0.3 is 0 Å². The summed E-state index contributed by atoms with van der Waals surface area (Å²) in [5.74, 6) is -1.21. The fourth-order valence-corrected chi connectivity index (χ4v) is 2.18. The number of nitrogens with one attached hydrogen (secondary N) is 1. The maximum absolute atomic E-state index is 13.4. The van der Waals surface area contributed by atoms with Crippen molar-refractivity contribution < 1.29 is 13.6 Å². The molecule has 1 aromatic rings. The lowest BCUT2D eigenvalue weighted by Crippen LogP contribution is -2.34. The molecule has 0 spiro atoms. The van der Waals surface area contributed by atoms with Gasteiger partial charge in [-0.2, -0.15) is 0 Å². The van der Waals surface area contributed by atoms with E-state index in [9.17, 15) is 13.6 Å². The zero-order chi connectivity index (χ0) is 13.1. The summed E-state index contributed by atoms with van der Waals surface area (Å²) in [5.41, 5.74) is 0.118. The SMILES string of the molecule is CN[C@H]1CCN(C(=O)Cc2cc(F)ccc2F)C1. The van der Waals surface area contributed by atoms with E-state index in [1.54, 1.807) is 4.90 Å². The number of halogens is 2. The monoisotopic (exact) mass is 254 g/mol. The normalized spacial score (nSPS) is 19.3. The number of benzene rings is 1. The topological polar surface area (TPSA) is 32.3 Å². The van der Waals surface area contributed by atoms with Gasteiger partial charge in [-0.05, 0) is 31.7 Å². The van der Waals surface area contributed by atoms with Crippen LogP contribution in [0.1, 0.15) is 12.0 Å². The number of rotatable bonds is 3. The fourth-order valence-electron chi connectivity index (χ4n) is 2.18. The van der Waals surface area contributed by atoms with E-state index in [0.29, 0.717) is 19.1 Å². The van der Waals surface area contributed by atoms with E-state index in [1.165, 1.54) is 0 Å². The van der Waals surface area contributed by atoms with Crippen LogP contribution in [0.25, 0.3) is 0 Å². The van der Waals surface area contributed by atoms with Crippen molar-refractivity contribution in [3.63, 3.8) is 0 Å². The summed E-state index contributed by atoms with van der Waals surface area (Å²) in [7, 11) is 1.85. The van der Waals surface area contributed by atoms with Gasteiger partial charge in [0.15, 0.2) is 0 Å². The molecule has 1 aromatic carbocycles. The van der Waals surface area contributed by atoms with E-state index in [-0.39, 0.29) is 17.9 Å². The Labute approximate surface area is 105 Å². The summed E-state index contributed by atoms with van der Waals surface area (Å²) in [5, 5.41) is 3.11. The second-order valence-electron chi connectivity index (χ2n) is 4.53. The molecule has 0 aromatic heterocycles. The number of carbonyl (C=O) groups is 1. The quantitative estimate of drug-likeness (QED) is 0.882. The predicted molar refractivity (Wildman–Crippen MR) is 64.1 cm³/mol. The van der Waals surface area contributed by atoms with E-state index < -0.39 is 11.6 Å². The van der Waals surface area contributed by atoms with E-state index in [2.05, 4.69) is 5.32 Å². The van der Waals surface area contributed by atoms with Gasteiger partial charge in [-0.15, -0.1) is 0 Å². The molecule has 0 saturated carbocycles. The van der Waals surface area contributed by atoms with Crippen LogP contribution >= 0.6 is 0 Å². The first-order chi connectivity index (χ1) is 8.60. The molecule has 3 nitrogen and oxygen atoms in total. The molecule has 98 valence electrons. The molecule has 5 heteroatoms. The van der Waals surface area contributed by atoms with Crippen molar-refractivity contribution in [2.45, 2.75) is 18.9 Å². The van der Waals surface area contributed by atoms with Crippen LogP contribution in [0.5, 0.6) is 0 Å². The van der Waals surface area contributed by atoms with E-state index in [1.807, 2.05) is 7.05 Å². The highest BCUT2D eigenvalue weighted by atomic mass is 19.1. The zero-order valence-corrected chi connectivity index (χ0v) is 10.2. The van der Waals surface area contributed by atoms with Gasteiger partial charge in [-0.25, -0.2) is 8.78 Å². The average molecular weight is 254 g/mol. The number of hydrogen-bond acceptors (Lipinski definition) is 2. The number of amides is 1. The van der Waals surface area contributed by atoms with Crippen molar-refractivity contribution in [1.82, 2.24) is 10.2 Å². The molecule has 0 bridgehead atoms. The van der Waals surface area contributed by atoms with Gasteiger partial charge in [0.25, 0.3) is 0 Å². The van der Waals surface area contributed by atoms with E-state index in [0.717, 1.165) is 24.6 Å². The Morgan fingerprint density at radius 2 is 2.28 bits per heavy atom. The van der Waals surface area contributed by atoms with Crippen molar-refractivity contribution in [1.29, 1.82) is 0 Å². The molecule has 1 heterocycles. The molecule has 0 unspecified atom stereocenters. The Morgan fingerprint density at radius 3 is 2.94 bits per heavy atom. The van der Waals surface area contributed by atoms with Crippen LogP contribution in [0, 0.1) is 11.6 Å². The van der Waals surface area contributed by atoms with Crippen molar-refractivity contribution in [3.8, 4) is 0 Å². The molecule has 1 aliphatic heterocycles. The Bertz CT molecular complexity index is 451. The molecular formula is C13H16F2N2O. The zero-order valence-electron chi connectivity index (χ0n) is 10.2. The summed E-state index contributed by atoms with van der Waals surface area (Å²) in [4.78, 5) is 13.6. The van der Waals surface area contributed by atoms with Crippen molar-refractivity contribution >= 4 is 5.91 Å². The van der Waals surface area contributed by atoms with Crippen LogP contribution < -0.4 is 5.32 Å². The Balaban J connectivity index is 2.01. The second-order valence-corrected chi connectivity index (χ2v) is 4.53. The van der Waals surface area contributed by atoms with Gasteiger partial charge in [0, 0.05) is 24.7 Å². The lowest BCUT2D eigenvalue weighted by atomic mass is 10.1. The van der Waals surface area contributed by atoms with Crippen molar-refractivity contribution in [3.05, 3.63) is 35.4 Å². The molecule has 2 rings (SSSR count). The molecule has 1 saturated heterocycles. The molecule has 1 fully saturated rings. The maximum atomic E-state index is 13.4. The number of nitrogens with zero attached hydrogens (tertiary/aromatic N) is 1. The highest BCUT2D eigenvalue weighted by Gasteiger charge is 2.25. The lowest BCUT2D eigenvalue weighted by molar-refractivity contribution is -0.129. The Hall–Kier alpha value is -1.49. The summed E-state index contributed by atoms with van der Waals surface area (Å²) in [6.45, 7) is 1.30. The summed E-state index contributed by atoms with van der Waals surface area (Å²) >= 11 is 0.